The van der Waals surface area contributed by atoms with Crippen molar-refractivity contribution >= 4 is 47.9 Å². The second-order valence-corrected chi connectivity index (χ2v) is 21.1. The van der Waals surface area contributed by atoms with E-state index in [1.54, 1.807) is 23.1 Å². The van der Waals surface area contributed by atoms with E-state index < -0.39 is 32.4 Å². The highest BCUT2D eigenvalue weighted by atomic mass is 28.4. The summed E-state index contributed by atoms with van der Waals surface area (Å²) in [5, 5.41) is 11.6. The second-order valence-electron chi connectivity index (χ2n) is 16.3. The van der Waals surface area contributed by atoms with Gasteiger partial charge in [0.15, 0.2) is 14.1 Å². The monoisotopic (exact) mass is 733 g/mol. The Bertz CT molecular complexity index is 2070. The molecule has 1 heterocycles. The normalized spacial score (nSPS) is 13.5. The van der Waals surface area contributed by atoms with Crippen LogP contribution in [-0.2, 0) is 33.3 Å². The summed E-state index contributed by atoms with van der Waals surface area (Å²) in [5.74, 6) is -3.77. The number of ketones is 1. The first-order chi connectivity index (χ1) is 25.0. The quantitative estimate of drug-likeness (QED) is 0.0654. The molecular weight excluding hydrogens is 679 g/mol. The topological polar surface area (TPSA) is 97.1 Å². The first-order valence-corrected chi connectivity index (χ1v) is 21.7. The van der Waals surface area contributed by atoms with E-state index >= 15 is 0 Å². The number of aliphatic carboxylic acids is 1. The summed E-state index contributed by atoms with van der Waals surface area (Å²) in [5.41, 5.74) is 6.35. The van der Waals surface area contributed by atoms with E-state index in [0.717, 1.165) is 23.8 Å². The van der Waals surface area contributed by atoms with Crippen LogP contribution in [0.25, 0.3) is 21.9 Å². The Balaban J connectivity index is 1.51. The number of carboxylic acids is 1. The summed E-state index contributed by atoms with van der Waals surface area (Å²) in [6.45, 7) is 18.8. The lowest BCUT2D eigenvalue weighted by Gasteiger charge is -2.39. The first kappa shape index (κ1) is 39.7. The third kappa shape index (κ3) is 9.17. The van der Waals surface area contributed by atoms with Gasteiger partial charge in [-0.15, -0.1) is 0 Å². The number of hydrogen-bond donors (Lipinski definition) is 1. The van der Waals surface area contributed by atoms with E-state index in [4.69, 9.17) is 8.84 Å². The molecule has 280 valence electrons. The highest BCUT2D eigenvalue weighted by Crippen LogP contribution is 2.42. The Morgan fingerprint density at radius 2 is 1.36 bits per heavy atom. The molecule has 0 bridgehead atoms. The number of aryl methyl sites for hydroxylation is 2. The van der Waals surface area contributed by atoms with Crippen molar-refractivity contribution in [2.24, 2.45) is 5.92 Å². The van der Waals surface area contributed by atoms with Gasteiger partial charge in [0.2, 0.25) is 5.91 Å². The van der Waals surface area contributed by atoms with Gasteiger partial charge in [0.25, 0.3) is 0 Å². The fourth-order valence-electron chi connectivity index (χ4n) is 6.98. The Hall–Kier alpha value is -4.53. The number of furan rings is 1. The molecule has 8 heteroatoms. The molecule has 0 fully saturated rings. The minimum absolute atomic E-state index is 0.0107. The number of amides is 1. The van der Waals surface area contributed by atoms with Gasteiger partial charge in [-0.3, -0.25) is 14.4 Å². The largest absolute Gasteiger partial charge is 0.481 e. The van der Waals surface area contributed by atoms with Crippen molar-refractivity contribution in [2.75, 3.05) is 0 Å². The van der Waals surface area contributed by atoms with Crippen molar-refractivity contribution in [3.63, 3.8) is 0 Å². The van der Waals surface area contributed by atoms with Gasteiger partial charge in [0, 0.05) is 41.3 Å². The second kappa shape index (κ2) is 16.2. The highest BCUT2D eigenvalue weighted by Gasteiger charge is 2.40. The van der Waals surface area contributed by atoms with Crippen molar-refractivity contribution in [1.82, 2.24) is 4.90 Å². The molecule has 5 aromatic rings. The lowest BCUT2D eigenvalue weighted by molar-refractivity contribution is -0.145. The standard InChI is InChI=1S/C45H55NO6Si/c1-29(2)46(30(3)4)42(47)28-38(44(49)50)43(48)35-22-24-40-37(26-35)36-25-34(21-23-39(36)51-40)41(52-53(8,9)45(5,6)7)27-33-18-14-13-17-32(33)20-19-31-15-11-10-12-16-31/h10-18,21-26,29-30,38,41H,19-20,27-28H2,1-9H3,(H,49,50). The number of fused-ring (bicyclic) bond motifs is 3. The van der Waals surface area contributed by atoms with Gasteiger partial charge in [0.1, 0.15) is 17.1 Å². The Labute approximate surface area is 315 Å². The van der Waals surface area contributed by atoms with Gasteiger partial charge in [-0.25, -0.2) is 0 Å². The average molecular weight is 734 g/mol. The fraction of sp³-hybridized carbons (Fsp3) is 0.400. The van der Waals surface area contributed by atoms with Crippen LogP contribution in [0.1, 0.15) is 93.6 Å². The van der Waals surface area contributed by atoms with Gasteiger partial charge in [-0.1, -0.05) is 81.4 Å². The van der Waals surface area contributed by atoms with Gasteiger partial charge in [-0.2, -0.15) is 0 Å². The molecule has 0 aliphatic rings. The summed E-state index contributed by atoms with van der Waals surface area (Å²) in [4.78, 5) is 41.1. The molecule has 0 aliphatic heterocycles. The maximum Gasteiger partial charge on any atom is 0.314 e. The molecule has 0 spiro atoms. The number of nitrogens with zero attached hydrogens (tertiary/aromatic N) is 1. The van der Waals surface area contributed by atoms with Crippen molar-refractivity contribution in [3.05, 3.63) is 119 Å². The van der Waals surface area contributed by atoms with E-state index in [0.29, 0.717) is 23.0 Å². The van der Waals surface area contributed by atoms with Crippen LogP contribution in [0.2, 0.25) is 18.1 Å². The Morgan fingerprint density at radius 3 is 1.96 bits per heavy atom. The summed E-state index contributed by atoms with van der Waals surface area (Å²) in [6, 6.07) is 30.1. The molecule has 7 nitrogen and oxygen atoms in total. The van der Waals surface area contributed by atoms with Gasteiger partial charge >= 0.3 is 5.97 Å². The van der Waals surface area contributed by atoms with Crippen LogP contribution in [0.15, 0.2) is 95.4 Å². The summed E-state index contributed by atoms with van der Waals surface area (Å²) >= 11 is 0. The number of hydrogen-bond acceptors (Lipinski definition) is 5. The maximum atomic E-state index is 13.8. The van der Waals surface area contributed by atoms with Crippen molar-refractivity contribution in [2.45, 2.75) is 110 Å². The van der Waals surface area contributed by atoms with Gasteiger partial charge < -0.3 is 18.8 Å². The molecule has 0 aliphatic carbocycles. The van der Waals surface area contributed by atoms with E-state index in [1.807, 2.05) is 39.8 Å². The zero-order valence-corrected chi connectivity index (χ0v) is 33.7. The molecule has 0 saturated heterocycles. The van der Waals surface area contributed by atoms with Crippen LogP contribution in [0.5, 0.6) is 0 Å². The third-order valence-corrected chi connectivity index (χ3v) is 15.3. The third-order valence-electron chi connectivity index (χ3n) is 10.8. The van der Waals surface area contributed by atoms with Crippen molar-refractivity contribution < 1.29 is 28.3 Å². The Morgan fingerprint density at radius 1 is 0.774 bits per heavy atom. The van der Waals surface area contributed by atoms with Crippen LogP contribution in [0.4, 0.5) is 0 Å². The molecular formula is C45H55NO6Si. The highest BCUT2D eigenvalue weighted by molar-refractivity contribution is 6.74. The molecule has 1 amide bonds. The summed E-state index contributed by atoms with van der Waals surface area (Å²) in [7, 11) is -2.24. The minimum Gasteiger partial charge on any atom is -0.481 e. The smallest absolute Gasteiger partial charge is 0.314 e. The first-order valence-electron chi connectivity index (χ1n) is 18.8. The number of carboxylic acid groups (broad SMARTS) is 1. The molecule has 0 radical (unpaired) electrons. The predicted molar refractivity (Wildman–Crippen MR) is 216 cm³/mol. The lowest BCUT2D eigenvalue weighted by atomic mass is 9.92. The van der Waals surface area contributed by atoms with E-state index in [2.05, 4.69) is 94.5 Å². The fourth-order valence-corrected chi connectivity index (χ4v) is 8.26. The molecule has 1 N–H and O–H groups in total. The molecule has 4 aromatic carbocycles. The van der Waals surface area contributed by atoms with Crippen molar-refractivity contribution in [1.29, 1.82) is 0 Å². The van der Waals surface area contributed by atoms with Crippen LogP contribution in [0, 0.1) is 5.92 Å². The molecule has 1 aromatic heterocycles. The Kier molecular flexibility index (Phi) is 12.1. The number of carbonyl (C=O) groups is 3. The zero-order chi connectivity index (χ0) is 38.7. The maximum absolute atomic E-state index is 13.8. The van der Waals surface area contributed by atoms with E-state index in [9.17, 15) is 19.5 Å². The van der Waals surface area contributed by atoms with Crippen molar-refractivity contribution in [3.8, 4) is 0 Å². The molecule has 2 atom stereocenters. The number of benzene rings is 4. The summed E-state index contributed by atoms with van der Waals surface area (Å²) < 4.78 is 13.4. The number of Topliss-reactive ketones (excluding diaryl/α,β-unsaturated/α-hetero) is 1. The number of rotatable bonds is 15. The average Bonchev–Trinajstić information content (AvgIpc) is 3.46. The molecule has 53 heavy (non-hydrogen) atoms. The minimum atomic E-state index is -2.24. The zero-order valence-electron chi connectivity index (χ0n) is 32.7. The molecule has 0 saturated carbocycles. The van der Waals surface area contributed by atoms with Crippen LogP contribution in [-0.4, -0.2) is 48.1 Å². The predicted octanol–water partition coefficient (Wildman–Crippen LogP) is 10.6. The van der Waals surface area contributed by atoms with Gasteiger partial charge in [-0.05, 0) is 111 Å². The van der Waals surface area contributed by atoms with Gasteiger partial charge in [0.05, 0.1) is 6.10 Å². The SMILES string of the molecule is CC(C)N(C(=O)CC(C(=O)O)C(=O)c1ccc2oc3ccc(C(Cc4ccccc4CCc4ccccc4)O[Si](C)(C)C(C)(C)C)cc3c2c1)C(C)C. The van der Waals surface area contributed by atoms with E-state index in [1.165, 1.54) is 16.7 Å². The van der Waals surface area contributed by atoms with E-state index in [-0.39, 0.29) is 34.7 Å². The lowest BCUT2D eigenvalue weighted by Crippen LogP contribution is -2.44. The molecule has 2 unspecified atom stereocenters. The van der Waals surface area contributed by atoms with Crippen LogP contribution >= 0.6 is 0 Å². The molecule has 5 rings (SSSR count). The van der Waals surface area contributed by atoms with Crippen LogP contribution in [0.3, 0.4) is 0 Å². The summed E-state index contributed by atoms with van der Waals surface area (Å²) in [6.07, 6.45) is 1.92. The van der Waals surface area contributed by atoms with Crippen LogP contribution < -0.4 is 0 Å². The number of carbonyl (C=O) groups excluding carboxylic acids is 2.